The molecule has 3 rings (SSSR count). The smallest absolute Gasteiger partial charge is 0.275 e. The molecule has 0 radical (unpaired) electrons. The number of hydrogen-bond donors (Lipinski definition) is 1. The highest BCUT2D eigenvalue weighted by Gasteiger charge is 2.26. The molecule has 0 atom stereocenters. The lowest BCUT2D eigenvalue weighted by molar-refractivity contribution is -0.110. The molecule has 4 nitrogen and oxygen atoms in total. The topological polar surface area (TPSA) is 50.7 Å². The average molecular weight is 287 g/mol. The van der Waals surface area contributed by atoms with Crippen molar-refractivity contribution < 1.29 is 9.53 Å². The quantitative estimate of drug-likeness (QED) is 0.919. The summed E-state index contributed by atoms with van der Waals surface area (Å²) in [5.41, 5.74) is 2.36. The number of carbonyl (C=O) groups excluding carboxylic acids is 1. The predicted molar refractivity (Wildman–Crippen MR) is 79.3 cm³/mol. The zero-order chi connectivity index (χ0) is 14.1. The fourth-order valence-electron chi connectivity index (χ4n) is 2.08. The van der Waals surface area contributed by atoms with Crippen molar-refractivity contribution in [3.8, 4) is 5.75 Å². The van der Waals surface area contributed by atoms with Gasteiger partial charge in [-0.1, -0.05) is 23.7 Å². The SMILES string of the molecule is COc1ccccc1N=C1C(=O)Nc2ccc(Cl)cc21. The number of nitrogens with one attached hydrogen (secondary N) is 1. The van der Waals surface area contributed by atoms with Gasteiger partial charge in [-0.15, -0.1) is 0 Å². The van der Waals surface area contributed by atoms with Gasteiger partial charge < -0.3 is 10.1 Å². The highest BCUT2D eigenvalue weighted by Crippen LogP contribution is 2.31. The summed E-state index contributed by atoms with van der Waals surface area (Å²) in [6.07, 6.45) is 0. The Morgan fingerprint density at radius 3 is 2.80 bits per heavy atom. The Bertz CT molecular complexity index is 726. The maximum Gasteiger partial charge on any atom is 0.275 e. The highest BCUT2D eigenvalue weighted by molar-refractivity contribution is 6.54. The largest absolute Gasteiger partial charge is 0.494 e. The van der Waals surface area contributed by atoms with E-state index in [1.54, 1.807) is 37.4 Å². The molecule has 1 heterocycles. The first-order valence-electron chi connectivity index (χ1n) is 6.02. The van der Waals surface area contributed by atoms with Crippen molar-refractivity contribution in [2.45, 2.75) is 0 Å². The molecule has 0 spiro atoms. The van der Waals surface area contributed by atoms with Crippen LogP contribution in [0.1, 0.15) is 5.56 Å². The van der Waals surface area contributed by atoms with Gasteiger partial charge in [0.25, 0.3) is 5.91 Å². The van der Waals surface area contributed by atoms with E-state index in [4.69, 9.17) is 16.3 Å². The minimum Gasteiger partial charge on any atom is -0.494 e. The molecule has 1 N–H and O–H groups in total. The maximum atomic E-state index is 12.0. The molecule has 100 valence electrons. The van der Waals surface area contributed by atoms with E-state index in [0.717, 1.165) is 0 Å². The standard InChI is InChI=1S/C15H11ClN2O2/c1-20-13-5-3-2-4-12(13)17-14-10-8-9(16)6-7-11(10)18-15(14)19/h2-8H,1H3,(H,17,18,19). The number of anilines is 1. The molecule has 2 aromatic carbocycles. The van der Waals surface area contributed by atoms with Crippen molar-refractivity contribution in [2.75, 3.05) is 12.4 Å². The third kappa shape index (κ3) is 2.14. The van der Waals surface area contributed by atoms with Crippen LogP contribution >= 0.6 is 11.6 Å². The Labute approximate surface area is 121 Å². The molecule has 2 aromatic rings. The molecular formula is C15H11ClN2O2. The van der Waals surface area contributed by atoms with Gasteiger partial charge in [-0.25, -0.2) is 4.99 Å². The van der Waals surface area contributed by atoms with Crippen LogP contribution in [-0.2, 0) is 4.79 Å². The van der Waals surface area contributed by atoms with Gasteiger partial charge in [0.15, 0.2) is 0 Å². The third-order valence-electron chi connectivity index (χ3n) is 3.02. The first-order valence-corrected chi connectivity index (χ1v) is 6.40. The predicted octanol–water partition coefficient (Wildman–Crippen LogP) is 3.42. The van der Waals surface area contributed by atoms with E-state index in [0.29, 0.717) is 33.4 Å². The molecule has 0 aliphatic carbocycles. The van der Waals surface area contributed by atoms with Crippen molar-refractivity contribution in [3.63, 3.8) is 0 Å². The van der Waals surface area contributed by atoms with Gasteiger partial charge in [-0.05, 0) is 30.3 Å². The molecule has 20 heavy (non-hydrogen) atoms. The number of halogens is 1. The Kier molecular flexibility index (Phi) is 3.16. The molecule has 1 amide bonds. The Morgan fingerprint density at radius 1 is 1.20 bits per heavy atom. The zero-order valence-electron chi connectivity index (χ0n) is 10.7. The number of aliphatic imine (C=N–C) groups is 1. The number of benzene rings is 2. The summed E-state index contributed by atoms with van der Waals surface area (Å²) in [6.45, 7) is 0. The van der Waals surface area contributed by atoms with Crippen LogP contribution in [0.4, 0.5) is 11.4 Å². The van der Waals surface area contributed by atoms with Crippen LogP contribution < -0.4 is 10.1 Å². The zero-order valence-corrected chi connectivity index (χ0v) is 11.4. The van der Waals surface area contributed by atoms with E-state index in [2.05, 4.69) is 10.3 Å². The lowest BCUT2D eigenvalue weighted by Crippen LogP contribution is -2.13. The van der Waals surface area contributed by atoms with Crippen molar-refractivity contribution in [3.05, 3.63) is 53.1 Å². The monoisotopic (exact) mass is 286 g/mol. The second-order valence-corrected chi connectivity index (χ2v) is 4.71. The number of ether oxygens (including phenoxy) is 1. The van der Waals surface area contributed by atoms with E-state index in [9.17, 15) is 4.79 Å². The minimum atomic E-state index is -0.242. The van der Waals surface area contributed by atoms with Gasteiger partial charge in [-0.2, -0.15) is 0 Å². The van der Waals surface area contributed by atoms with Crippen LogP contribution in [0.25, 0.3) is 0 Å². The summed E-state index contributed by atoms with van der Waals surface area (Å²) in [5, 5.41) is 3.33. The van der Waals surface area contributed by atoms with Crippen LogP contribution in [0.15, 0.2) is 47.5 Å². The van der Waals surface area contributed by atoms with E-state index in [1.807, 2.05) is 12.1 Å². The summed E-state index contributed by atoms with van der Waals surface area (Å²) >= 11 is 5.98. The van der Waals surface area contributed by atoms with Crippen LogP contribution in [0, 0.1) is 0 Å². The van der Waals surface area contributed by atoms with Gasteiger partial charge in [0.2, 0.25) is 0 Å². The minimum absolute atomic E-state index is 0.242. The van der Waals surface area contributed by atoms with Crippen LogP contribution in [-0.4, -0.2) is 18.7 Å². The molecule has 1 aliphatic heterocycles. The first kappa shape index (κ1) is 12.7. The summed E-state index contributed by atoms with van der Waals surface area (Å²) in [7, 11) is 1.57. The highest BCUT2D eigenvalue weighted by atomic mass is 35.5. The summed E-state index contributed by atoms with van der Waals surface area (Å²) < 4.78 is 5.24. The maximum absolute atomic E-state index is 12.0. The fourth-order valence-corrected chi connectivity index (χ4v) is 2.25. The van der Waals surface area contributed by atoms with E-state index in [-0.39, 0.29) is 5.91 Å². The third-order valence-corrected chi connectivity index (χ3v) is 3.25. The van der Waals surface area contributed by atoms with E-state index >= 15 is 0 Å². The number of carbonyl (C=O) groups is 1. The number of amides is 1. The lowest BCUT2D eigenvalue weighted by atomic mass is 10.1. The van der Waals surface area contributed by atoms with Crippen LogP contribution in [0.2, 0.25) is 5.02 Å². The number of hydrogen-bond acceptors (Lipinski definition) is 3. The van der Waals surface area contributed by atoms with Crippen molar-refractivity contribution in [2.24, 2.45) is 4.99 Å². The van der Waals surface area contributed by atoms with Crippen molar-refractivity contribution in [1.82, 2.24) is 0 Å². The number of nitrogens with zero attached hydrogens (tertiary/aromatic N) is 1. The van der Waals surface area contributed by atoms with Gasteiger partial charge in [0, 0.05) is 10.6 Å². The Balaban J connectivity index is 2.13. The molecule has 0 saturated carbocycles. The van der Waals surface area contributed by atoms with Crippen LogP contribution in [0.3, 0.4) is 0 Å². The van der Waals surface area contributed by atoms with E-state index in [1.165, 1.54) is 0 Å². The van der Waals surface area contributed by atoms with Gasteiger partial charge in [-0.3, -0.25) is 4.79 Å². The molecule has 0 bridgehead atoms. The molecule has 5 heteroatoms. The first-order chi connectivity index (χ1) is 9.69. The Hall–Kier alpha value is -2.33. The van der Waals surface area contributed by atoms with Crippen molar-refractivity contribution in [1.29, 1.82) is 0 Å². The second kappa shape index (κ2) is 4.98. The summed E-state index contributed by atoms with van der Waals surface area (Å²) in [4.78, 5) is 16.4. The Morgan fingerprint density at radius 2 is 2.00 bits per heavy atom. The number of para-hydroxylation sites is 2. The van der Waals surface area contributed by atoms with Gasteiger partial charge >= 0.3 is 0 Å². The summed E-state index contributed by atoms with van der Waals surface area (Å²) in [6, 6.07) is 12.5. The van der Waals surface area contributed by atoms with Gasteiger partial charge in [0.05, 0.1) is 12.8 Å². The summed E-state index contributed by atoms with van der Waals surface area (Å²) in [5.74, 6) is 0.372. The molecular weight excluding hydrogens is 276 g/mol. The van der Waals surface area contributed by atoms with E-state index < -0.39 is 0 Å². The molecule has 1 aliphatic rings. The lowest BCUT2D eigenvalue weighted by Gasteiger charge is -2.04. The average Bonchev–Trinajstić information content (AvgIpc) is 2.76. The molecule has 0 saturated heterocycles. The normalized spacial score (nSPS) is 15.1. The molecule has 0 fully saturated rings. The fraction of sp³-hybridized carbons (Fsp3) is 0.0667. The van der Waals surface area contributed by atoms with Gasteiger partial charge in [0.1, 0.15) is 17.1 Å². The molecule has 0 aromatic heterocycles. The second-order valence-electron chi connectivity index (χ2n) is 4.28. The van der Waals surface area contributed by atoms with Crippen molar-refractivity contribution >= 4 is 34.6 Å². The molecule has 0 unspecified atom stereocenters. The number of methoxy groups -OCH3 is 1. The number of fused-ring (bicyclic) bond motifs is 1. The van der Waals surface area contributed by atoms with Crippen LogP contribution in [0.5, 0.6) is 5.75 Å². The number of rotatable bonds is 2.